The molecule has 3 aromatic rings. The van der Waals surface area contributed by atoms with Crippen molar-refractivity contribution < 1.29 is 13.7 Å². The molecule has 6 nitrogen and oxygen atoms in total. The zero-order valence-electron chi connectivity index (χ0n) is 12.9. The van der Waals surface area contributed by atoms with E-state index in [1.165, 1.54) is 0 Å². The second-order valence-corrected chi connectivity index (χ2v) is 5.83. The van der Waals surface area contributed by atoms with E-state index in [1.54, 1.807) is 4.90 Å². The Kier molecular flexibility index (Phi) is 3.37. The van der Waals surface area contributed by atoms with Gasteiger partial charge in [-0.25, -0.2) is 0 Å². The third-order valence-corrected chi connectivity index (χ3v) is 4.30. The van der Waals surface area contributed by atoms with Crippen LogP contribution in [0.1, 0.15) is 35.5 Å². The van der Waals surface area contributed by atoms with Crippen LogP contribution >= 0.6 is 0 Å². The molecule has 0 spiro atoms. The fourth-order valence-corrected chi connectivity index (χ4v) is 3.02. The largest absolute Gasteiger partial charge is 0.452 e. The van der Waals surface area contributed by atoms with Gasteiger partial charge in [0.15, 0.2) is 5.76 Å². The number of carbonyl (C=O) groups is 1. The zero-order valence-corrected chi connectivity index (χ0v) is 12.9. The summed E-state index contributed by atoms with van der Waals surface area (Å²) in [6.45, 7) is 3.45. The Morgan fingerprint density at radius 2 is 1.96 bits per heavy atom. The van der Waals surface area contributed by atoms with Crippen LogP contribution in [0.25, 0.3) is 22.6 Å². The molecule has 0 saturated carbocycles. The van der Waals surface area contributed by atoms with Gasteiger partial charge in [0.1, 0.15) is 5.58 Å². The van der Waals surface area contributed by atoms with E-state index in [9.17, 15) is 4.79 Å². The van der Waals surface area contributed by atoms with E-state index >= 15 is 0 Å². The lowest BCUT2D eigenvalue weighted by Gasteiger charge is -2.24. The van der Waals surface area contributed by atoms with Crippen molar-refractivity contribution >= 4 is 16.9 Å². The van der Waals surface area contributed by atoms with Crippen LogP contribution in [0.3, 0.4) is 0 Å². The summed E-state index contributed by atoms with van der Waals surface area (Å²) in [5.74, 6) is 0.700. The highest BCUT2D eigenvalue weighted by atomic mass is 16.5. The number of hydrogen-bond donors (Lipinski definition) is 0. The van der Waals surface area contributed by atoms with Gasteiger partial charge in [-0.15, -0.1) is 0 Å². The molecule has 1 amide bonds. The van der Waals surface area contributed by atoms with Gasteiger partial charge in [-0.05, 0) is 32.3 Å². The molecule has 2 aromatic heterocycles. The Morgan fingerprint density at radius 3 is 2.74 bits per heavy atom. The summed E-state index contributed by atoms with van der Waals surface area (Å²) < 4.78 is 11.0. The van der Waals surface area contributed by atoms with Crippen molar-refractivity contribution in [3.05, 3.63) is 35.7 Å². The summed E-state index contributed by atoms with van der Waals surface area (Å²) in [5.41, 5.74) is 1.71. The number of likely N-dealkylation sites (tertiary alicyclic amines) is 1. The molecule has 4 rings (SSSR count). The minimum absolute atomic E-state index is 0.0294. The highest BCUT2D eigenvalue weighted by Gasteiger charge is 2.25. The van der Waals surface area contributed by atoms with Gasteiger partial charge in [0, 0.05) is 24.0 Å². The first kappa shape index (κ1) is 14.0. The standard InChI is InChI=1S/C17H17N3O3/c1-11-12-7-3-4-8-13(12)22-14(11)15-18-16(23-19-15)17(21)20-9-5-2-6-10-20/h3-4,7-8H,2,5-6,9-10H2,1H3. The fourth-order valence-electron chi connectivity index (χ4n) is 3.02. The zero-order chi connectivity index (χ0) is 15.8. The number of hydrogen-bond acceptors (Lipinski definition) is 5. The third-order valence-electron chi connectivity index (χ3n) is 4.30. The van der Waals surface area contributed by atoms with Gasteiger partial charge in [0.25, 0.3) is 0 Å². The van der Waals surface area contributed by atoms with Gasteiger partial charge in [0.2, 0.25) is 5.82 Å². The minimum Gasteiger partial charge on any atom is -0.452 e. The molecule has 0 atom stereocenters. The number of nitrogens with zero attached hydrogens (tertiary/aromatic N) is 3. The van der Waals surface area contributed by atoms with Gasteiger partial charge >= 0.3 is 11.8 Å². The second kappa shape index (κ2) is 5.53. The van der Waals surface area contributed by atoms with Crippen molar-refractivity contribution in [3.8, 4) is 11.6 Å². The molecule has 0 bridgehead atoms. The van der Waals surface area contributed by atoms with Gasteiger partial charge < -0.3 is 13.8 Å². The molecule has 118 valence electrons. The molecule has 3 heterocycles. The predicted octanol–water partition coefficient (Wildman–Crippen LogP) is 3.42. The smallest absolute Gasteiger partial charge is 0.316 e. The number of benzene rings is 1. The third kappa shape index (κ3) is 2.40. The Hall–Kier alpha value is -2.63. The molecular weight excluding hydrogens is 294 g/mol. The summed E-state index contributed by atoms with van der Waals surface area (Å²) >= 11 is 0. The topological polar surface area (TPSA) is 72.4 Å². The van der Waals surface area contributed by atoms with Crippen LogP contribution in [0.4, 0.5) is 0 Å². The first-order valence-electron chi connectivity index (χ1n) is 7.85. The van der Waals surface area contributed by atoms with Crippen molar-refractivity contribution in [1.29, 1.82) is 0 Å². The number of para-hydroxylation sites is 1. The van der Waals surface area contributed by atoms with E-state index in [2.05, 4.69) is 10.1 Å². The van der Waals surface area contributed by atoms with Crippen LogP contribution in [0.15, 0.2) is 33.2 Å². The maximum Gasteiger partial charge on any atom is 0.316 e. The van der Waals surface area contributed by atoms with Crippen LogP contribution in [0.5, 0.6) is 0 Å². The molecule has 0 radical (unpaired) electrons. The molecule has 1 fully saturated rings. The van der Waals surface area contributed by atoms with Gasteiger partial charge in [-0.2, -0.15) is 4.98 Å². The monoisotopic (exact) mass is 311 g/mol. The van der Waals surface area contributed by atoms with E-state index in [-0.39, 0.29) is 11.8 Å². The fraction of sp³-hybridized carbons (Fsp3) is 0.353. The van der Waals surface area contributed by atoms with E-state index in [0.717, 1.165) is 48.9 Å². The normalized spacial score (nSPS) is 15.3. The molecular formula is C17H17N3O3. The second-order valence-electron chi connectivity index (χ2n) is 5.83. The summed E-state index contributed by atoms with van der Waals surface area (Å²) in [6, 6.07) is 7.75. The highest BCUT2D eigenvalue weighted by molar-refractivity contribution is 5.90. The number of furan rings is 1. The molecule has 0 N–H and O–H groups in total. The van der Waals surface area contributed by atoms with Crippen LogP contribution in [0, 0.1) is 6.92 Å². The summed E-state index contributed by atoms with van der Waals surface area (Å²) in [6.07, 6.45) is 3.21. The minimum atomic E-state index is -0.197. The van der Waals surface area contributed by atoms with Crippen molar-refractivity contribution in [2.75, 3.05) is 13.1 Å². The van der Waals surface area contributed by atoms with Crippen molar-refractivity contribution in [2.24, 2.45) is 0 Å². The lowest BCUT2D eigenvalue weighted by atomic mass is 10.1. The Labute approximate surface area is 133 Å². The number of aromatic nitrogens is 2. The molecule has 1 aliphatic heterocycles. The quantitative estimate of drug-likeness (QED) is 0.725. The van der Waals surface area contributed by atoms with Crippen LogP contribution < -0.4 is 0 Å². The van der Waals surface area contributed by atoms with Crippen molar-refractivity contribution in [3.63, 3.8) is 0 Å². The molecule has 0 aliphatic carbocycles. The van der Waals surface area contributed by atoms with E-state index in [4.69, 9.17) is 8.94 Å². The number of aryl methyl sites for hydroxylation is 1. The lowest BCUT2D eigenvalue weighted by molar-refractivity contribution is 0.0674. The molecule has 1 aliphatic rings. The number of fused-ring (bicyclic) bond motifs is 1. The van der Waals surface area contributed by atoms with Crippen molar-refractivity contribution in [1.82, 2.24) is 15.0 Å². The van der Waals surface area contributed by atoms with E-state index in [1.807, 2.05) is 31.2 Å². The molecule has 0 unspecified atom stereocenters. The highest BCUT2D eigenvalue weighted by Crippen LogP contribution is 2.31. The Balaban J connectivity index is 1.66. The summed E-state index contributed by atoms with van der Waals surface area (Å²) in [7, 11) is 0. The van der Waals surface area contributed by atoms with Crippen LogP contribution in [0.2, 0.25) is 0 Å². The number of rotatable bonds is 2. The maximum absolute atomic E-state index is 12.4. The van der Waals surface area contributed by atoms with E-state index < -0.39 is 0 Å². The predicted molar refractivity (Wildman–Crippen MR) is 84.0 cm³/mol. The number of piperidine rings is 1. The average molecular weight is 311 g/mol. The Morgan fingerprint density at radius 1 is 1.17 bits per heavy atom. The number of carbonyl (C=O) groups excluding carboxylic acids is 1. The molecule has 1 aromatic carbocycles. The van der Waals surface area contributed by atoms with Crippen LogP contribution in [-0.4, -0.2) is 34.0 Å². The first-order valence-corrected chi connectivity index (χ1v) is 7.85. The van der Waals surface area contributed by atoms with Crippen LogP contribution in [-0.2, 0) is 0 Å². The first-order chi connectivity index (χ1) is 11.2. The van der Waals surface area contributed by atoms with Gasteiger partial charge in [-0.3, -0.25) is 4.79 Å². The SMILES string of the molecule is Cc1c(-c2noc(C(=O)N3CCCCC3)n2)oc2ccccc12. The molecule has 6 heteroatoms. The molecule has 23 heavy (non-hydrogen) atoms. The average Bonchev–Trinajstić information content (AvgIpc) is 3.20. The molecule has 1 saturated heterocycles. The Bertz CT molecular complexity index is 859. The summed E-state index contributed by atoms with van der Waals surface area (Å²) in [4.78, 5) is 18.4. The van der Waals surface area contributed by atoms with E-state index in [0.29, 0.717) is 11.6 Å². The van der Waals surface area contributed by atoms with Crippen molar-refractivity contribution in [2.45, 2.75) is 26.2 Å². The number of amides is 1. The lowest BCUT2D eigenvalue weighted by Crippen LogP contribution is -2.35. The summed E-state index contributed by atoms with van der Waals surface area (Å²) in [5, 5.41) is 4.94. The maximum atomic E-state index is 12.4. The van der Waals surface area contributed by atoms with Gasteiger partial charge in [-0.1, -0.05) is 23.4 Å². The van der Waals surface area contributed by atoms with Gasteiger partial charge in [0.05, 0.1) is 0 Å².